The first kappa shape index (κ1) is 80.9. The Kier molecular flexibility index (Phi) is 29.8. The molecule has 3 unspecified atom stereocenters. The molecule has 14 N–H and O–H groups in total. The zero-order valence-electron chi connectivity index (χ0n) is 52.9. The van der Waals surface area contributed by atoms with Crippen LogP contribution in [0.5, 0.6) is 5.75 Å². The summed E-state index contributed by atoms with van der Waals surface area (Å²) in [4.78, 5) is 186. The van der Waals surface area contributed by atoms with Crippen LogP contribution in [0, 0.1) is 17.3 Å². The summed E-state index contributed by atoms with van der Waals surface area (Å²) in [6, 6.07) is 4.95. The van der Waals surface area contributed by atoms with Gasteiger partial charge in [0.2, 0.25) is 11.8 Å². The van der Waals surface area contributed by atoms with Crippen LogP contribution in [0.25, 0.3) is 21.5 Å². The van der Waals surface area contributed by atoms with Gasteiger partial charge < -0.3 is 100 Å². The minimum atomic E-state index is -5.90. The van der Waals surface area contributed by atoms with E-state index in [2.05, 4.69) is 72.4 Å². The monoisotopic (exact) mass is 1470 g/mol. The Morgan fingerprint density at radius 2 is 1.37 bits per heavy atom. The Hall–Kier alpha value is -9.81. The Morgan fingerprint density at radius 3 is 1.92 bits per heavy atom. The smallest absolute Gasteiger partial charge is 0.490 e. The van der Waals surface area contributed by atoms with Crippen molar-refractivity contribution < 1.29 is 143 Å². The van der Waals surface area contributed by atoms with Crippen LogP contribution in [0.2, 0.25) is 0 Å². The molecule has 1 aliphatic heterocycles. The number of carboxylic acids is 4. The summed E-state index contributed by atoms with van der Waals surface area (Å²) >= 11 is 0. The quantitative estimate of drug-likeness (QED) is 0.00574. The van der Waals surface area contributed by atoms with Crippen molar-refractivity contribution in [1.29, 1.82) is 0 Å². The van der Waals surface area contributed by atoms with Gasteiger partial charge in [-0.05, 0) is 75.5 Å². The molecule has 0 saturated carbocycles. The van der Waals surface area contributed by atoms with E-state index in [0.717, 1.165) is 24.5 Å². The number of rotatable bonds is 38. The number of nitrogens with zero attached hydrogens (tertiary/aromatic N) is 6. The molecule has 100 heavy (non-hydrogen) atoms. The summed E-state index contributed by atoms with van der Waals surface area (Å²) in [6.45, 7) is 2.67. The fourth-order valence-electron chi connectivity index (χ4n) is 8.51. The number of fused-ring (bicyclic) bond motifs is 1. The number of carbonyl (C=O) groups is 11. The number of azide groups is 1. The molecular formula is C55H67N12O30P3. The standard InChI is InChI=1S/C55H67N12O30P3/c1-29(68)62-46-45-31(24-67(47(45)61-28-60-46)42-23-38(95-54(82)55(2,3)4)39(94-42)25-93-99(86,87)97-100(88,89)96-98(83,84)85)8-6-14-57-40(69)26-90-17-18-91-41(65-66-56)27-92-35-9-5-7-30(22-35)48(74)58-15-16-59-49(75)32-19-33(50(76)63-36(52(78)79)10-12-43(70)71)21-34(20-32)51(77)64-37(53(80)81)11-13-44(72)73/h5,7,9,19-22,24,28,36-39,41-42H,10-18,23,25-27H2,1-4H3,(H,57,69)(H,58,74)(H,59,75)(H,63,76)(H,64,77)(H,70,71)(H,72,73)(H,78,79)(H,80,81)(H,86,87)(H,88,89)(H2,83,84,85)(H,60,61,62,68)/t36-,37-,38-,39+,41?,42+/m0/s1. The summed E-state index contributed by atoms with van der Waals surface area (Å²) in [7, 11) is -17.3. The molecule has 42 nitrogen and oxygen atoms in total. The zero-order chi connectivity index (χ0) is 74.3. The molecule has 0 radical (unpaired) electrons. The number of carbonyl (C=O) groups excluding carboxylic acids is 7. The molecule has 0 bridgehead atoms. The second kappa shape index (κ2) is 36.9. The minimum Gasteiger partial charge on any atom is -0.491 e. The van der Waals surface area contributed by atoms with Crippen LogP contribution >= 0.6 is 23.5 Å². The summed E-state index contributed by atoms with van der Waals surface area (Å²) in [5.41, 5.74) is 7.01. The molecule has 3 heterocycles. The summed E-state index contributed by atoms with van der Waals surface area (Å²) in [5.74, 6) is -6.20. The highest BCUT2D eigenvalue weighted by Gasteiger charge is 2.45. The average Bonchev–Trinajstić information content (AvgIpc) is 1.61. The van der Waals surface area contributed by atoms with Crippen molar-refractivity contribution in [2.24, 2.45) is 10.5 Å². The van der Waals surface area contributed by atoms with Crippen molar-refractivity contribution in [3.05, 3.63) is 93.2 Å². The van der Waals surface area contributed by atoms with Gasteiger partial charge in [-0.3, -0.25) is 47.7 Å². The van der Waals surface area contributed by atoms with E-state index in [-0.39, 0.29) is 79.6 Å². The van der Waals surface area contributed by atoms with Gasteiger partial charge in [-0.25, -0.2) is 33.3 Å². The maximum Gasteiger partial charge on any atom is 0.490 e. The third kappa shape index (κ3) is 26.8. The van der Waals surface area contributed by atoms with Crippen molar-refractivity contribution >= 4 is 106 Å². The van der Waals surface area contributed by atoms with Gasteiger partial charge in [-0.2, -0.15) is 8.62 Å². The van der Waals surface area contributed by atoms with E-state index in [1.807, 2.05) is 0 Å². The topological polar surface area (TPSA) is 626 Å². The molecule has 0 aliphatic carbocycles. The third-order valence-electron chi connectivity index (χ3n) is 13.0. The minimum absolute atomic E-state index is 0.0158. The molecule has 8 atom stereocenters. The van der Waals surface area contributed by atoms with E-state index in [9.17, 15) is 92.0 Å². The Morgan fingerprint density at radius 1 is 0.780 bits per heavy atom. The van der Waals surface area contributed by atoms with Crippen molar-refractivity contribution in [3.8, 4) is 17.6 Å². The number of hydrogen-bond acceptors (Lipinski definition) is 25. The van der Waals surface area contributed by atoms with Crippen LogP contribution in [-0.4, -0.2) is 203 Å². The lowest BCUT2D eigenvalue weighted by molar-refractivity contribution is -0.162. The lowest BCUT2D eigenvalue weighted by Gasteiger charge is -2.24. The molecule has 2 aromatic heterocycles. The van der Waals surface area contributed by atoms with E-state index in [0.29, 0.717) is 0 Å². The highest BCUT2D eigenvalue weighted by molar-refractivity contribution is 7.66. The second-order valence-corrected chi connectivity index (χ2v) is 26.3. The van der Waals surface area contributed by atoms with Gasteiger partial charge in [0.1, 0.15) is 67.3 Å². The molecule has 45 heteroatoms. The van der Waals surface area contributed by atoms with Crippen LogP contribution in [0.1, 0.15) is 113 Å². The third-order valence-corrected chi connectivity index (χ3v) is 16.8. The van der Waals surface area contributed by atoms with Crippen LogP contribution in [0.15, 0.2) is 60.1 Å². The number of phosphoric acid groups is 3. The van der Waals surface area contributed by atoms with Crippen molar-refractivity contribution in [2.45, 2.75) is 96.5 Å². The highest BCUT2D eigenvalue weighted by atomic mass is 31.3. The largest absolute Gasteiger partial charge is 0.491 e. The number of aliphatic carboxylic acids is 4. The van der Waals surface area contributed by atoms with Gasteiger partial charge >= 0.3 is 53.3 Å². The Labute approximate surface area is 564 Å². The first-order valence-electron chi connectivity index (χ1n) is 29.1. The molecule has 2 aromatic carbocycles. The van der Waals surface area contributed by atoms with Crippen LogP contribution < -0.4 is 36.6 Å². The molecule has 542 valence electrons. The molecule has 6 amide bonds. The summed E-state index contributed by atoms with van der Waals surface area (Å²) < 4.78 is 77.8. The normalized spacial score (nSPS) is 16.4. The number of ether oxygens (including phenoxy) is 5. The van der Waals surface area contributed by atoms with Crippen molar-refractivity contribution in [2.75, 3.05) is 58.0 Å². The molecule has 0 spiro atoms. The van der Waals surface area contributed by atoms with Gasteiger partial charge in [0, 0.05) is 72.6 Å². The highest BCUT2D eigenvalue weighted by Crippen LogP contribution is 2.66. The van der Waals surface area contributed by atoms with Crippen LogP contribution in [0.3, 0.4) is 0 Å². The first-order chi connectivity index (χ1) is 46.8. The van der Waals surface area contributed by atoms with E-state index in [4.69, 9.17) is 48.2 Å². The number of nitrogens with one attached hydrogen (secondary N) is 6. The summed E-state index contributed by atoms with van der Waals surface area (Å²) in [6.07, 6.45) is -5.27. The molecule has 4 aromatic rings. The lowest BCUT2D eigenvalue weighted by Crippen LogP contribution is -2.42. The van der Waals surface area contributed by atoms with E-state index >= 15 is 0 Å². The number of phosphoric ester groups is 1. The molecule has 5 rings (SSSR count). The fourth-order valence-corrected chi connectivity index (χ4v) is 11.5. The van der Waals surface area contributed by atoms with E-state index < -0.39 is 187 Å². The molecule has 1 aliphatic rings. The van der Waals surface area contributed by atoms with Crippen molar-refractivity contribution in [1.82, 2.24) is 41.1 Å². The fraction of sp³-hybridized carbons (Fsp3) is 0.436. The van der Waals surface area contributed by atoms with Gasteiger partial charge in [-0.15, -0.1) is 0 Å². The van der Waals surface area contributed by atoms with Crippen molar-refractivity contribution in [3.63, 3.8) is 0 Å². The Balaban J connectivity index is 1.13. The predicted octanol–water partition coefficient (Wildman–Crippen LogP) is 1.45. The average molecular weight is 1470 g/mol. The number of amides is 6. The van der Waals surface area contributed by atoms with Crippen LogP contribution in [0.4, 0.5) is 5.82 Å². The van der Waals surface area contributed by atoms with Gasteiger partial charge in [-0.1, -0.05) is 23.0 Å². The number of anilines is 1. The summed E-state index contributed by atoms with van der Waals surface area (Å²) in [5, 5.41) is 55.2. The van der Waals surface area contributed by atoms with E-state index in [1.165, 1.54) is 62.7 Å². The second-order valence-electron chi connectivity index (χ2n) is 21.9. The van der Waals surface area contributed by atoms with E-state index in [1.54, 1.807) is 0 Å². The Bertz CT molecular complexity index is 3940. The zero-order valence-corrected chi connectivity index (χ0v) is 55.6. The molecular weight excluding hydrogens is 1400 g/mol. The maximum atomic E-state index is 13.4. The first-order valence-corrected chi connectivity index (χ1v) is 33.6. The molecule has 1 fully saturated rings. The number of carboxylic acid groups (broad SMARTS) is 4. The molecule has 1 saturated heterocycles. The number of hydrogen-bond donors (Lipinski definition) is 14. The van der Waals surface area contributed by atoms with Gasteiger partial charge in [0.15, 0.2) is 6.23 Å². The van der Waals surface area contributed by atoms with Crippen LogP contribution in [-0.2, 0) is 79.3 Å². The lowest BCUT2D eigenvalue weighted by atomic mass is 9.97. The number of esters is 1. The van der Waals surface area contributed by atoms with Gasteiger partial charge in [0.25, 0.3) is 23.6 Å². The van der Waals surface area contributed by atoms with Gasteiger partial charge in [0.05, 0.1) is 42.7 Å². The maximum absolute atomic E-state index is 13.4. The SMILES string of the molecule is CC(=O)Nc1ncnc2c1c(C#CCNC(=O)COCCOC(COc1cccc(C(=O)NCCNC(=O)c3cc(C(=O)N[C@@H](CCC(=O)O)C(=O)O)cc(C(=O)N[C@@H](CCC(=O)O)C(=O)O)c3)c1)N=[N+]=[N-])cn2[C@H]1C[C@H](OC(=O)C(C)(C)C)[C@@H](COP(=O)(O)OP(=O)(O)OP(=O)(O)O)O1. The number of aromatic nitrogens is 3. The predicted molar refractivity (Wildman–Crippen MR) is 334 cm³/mol. The number of benzene rings is 2.